The molecular weight excluding hydrogens is 256 g/mol. The van der Waals surface area contributed by atoms with Gasteiger partial charge in [0.05, 0.1) is 5.56 Å². The molecule has 20 heavy (non-hydrogen) atoms. The van der Waals surface area contributed by atoms with Gasteiger partial charge in [0.1, 0.15) is 0 Å². The van der Waals surface area contributed by atoms with Crippen LogP contribution in [0.1, 0.15) is 36.5 Å². The number of piperidine rings is 1. The number of benzene rings is 1. The zero-order valence-electron chi connectivity index (χ0n) is 11.7. The maximum atomic E-state index is 12.5. The molecule has 1 fully saturated rings. The molecule has 0 aromatic heterocycles. The summed E-state index contributed by atoms with van der Waals surface area (Å²) in [5.74, 6) is -0.289. The molecule has 2 rings (SSSR count). The summed E-state index contributed by atoms with van der Waals surface area (Å²) in [6.45, 7) is 3.22. The van der Waals surface area contributed by atoms with E-state index in [1.165, 1.54) is 12.1 Å². The van der Waals surface area contributed by atoms with Crippen LogP contribution in [0.15, 0.2) is 18.2 Å². The average molecular weight is 278 g/mol. The monoisotopic (exact) mass is 278 g/mol. The number of rotatable bonds is 3. The quantitative estimate of drug-likeness (QED) is 0.734. The Morgan fingerprint density at radius 1 is 1.45 bits per heavy atom. The number of carbonyl (C=O) groups is 1. The minimum Gasteiger partial charge on any atom is -0.504 e. The molecule has 0 radical (unpaired) electrons. The van der Waals surface area contributed by atoms with Gasteiger partial charge in [0.15, 0.2) is 11.5 Å². The molecule has 1 aliphatic rings. The van der Waals surface area contributed by atoms with E-state index in [4.69, 9.17) is 5.73 Å². The van der Waals surface area contributed by atoms with Crippen molar-refractivity contribution < 1.29 is 15.0 Å². The number of para-hydroxylation sites is 1. The van der Waals surface area contributed by atoms with E-state index in [0.717, 1.165) is 19.3 Å². The second-order valence-corrected chi connectivity index (χ2v) is 5.36. The molecule has 0 spiro atoms. The molecule has 1 amide bonds. The van der Waals surface area contributed by atoms with Crippen molar-refractivity contribution in [2.75, 3.05) is 13.1 Å². The van der Waals surface area contributed by atoms with E-state index < -0.39 is 0 Å². The fraction of sp³-hybridized carbons (Fsp3) is 0.533. The van der Waals surface area contributed by atoms with Crippen molar-refractivity contribution in [1.29, 1.82) is 0 Å². The molecule has 2 unspecified atom stereocenters. The van der Waals surface area contributed by atoms with Crippen LogP contribution in [0.5, 0.6) is 11.5 Å². The van der Waals surface area contributed by atoms with Crippen LogP contribution < -0.4 is 5.73 Å². The Bertz CT molecular complexity index is 490. The molecule has 0 bridgehead atoms. The van der Waals surface area contributed by atoms with Gasteiger partial charge in [0.25, 0.3) is 5.91 Å². The van der Waals surface area contributed by atoms with E-state index in [-0.39, 0.29) is 29.0 Å². The van der Waals surface area contributed by atoms with Crippen molar-refractivity contribution in [2.24, 2.45) is 11.7 Å². The fourth-order valence-corrected chi connectivity index (χ4v) is 2.85. The van der Waals surface area contributed by atoms with Crippen molar-refractivity contribution >= 4 is 5.91 Å². The van der Waals surface area contributed by atoms with Crippen LogP contribution in [0.3, 0.4) is 0 Å². The van der Waals surface area contributed by atoms with Crippen LogP contribution in [0.25, 0.3) is 0 Å². The van der Waals surface area contributed by atoms with Gasteiger partial charge in [-0.25, -0.2) is 0 Å². The Labute approximate surface area is 119 Å². The fourth-order valence-electron chi connectivity index (χ4n) is 2.85. The molecule has 1 aromatic carbocycles. The molecule has 1 saturated heterocycles. The Morgan fingerprint density at radius 2 is 2.20 bits per heavy atom. The Hall–Kier alpha value is -1.75. The van der Waals surface area contributed by atoms with Gasteiger partial charge in [-0.2, -0.15) is 0 Å². The number of carbonyl (C=O) groups excluding carboxylic acids is 1. The van der Waals surface area contributed by atoms with Crippen LogP contribution in [0.2, 0.25) is 0 Å². The SMILES string of the molecule is CCC1CCN(C(=O)c2cccc(O)c2O)C(CN)C1. The third kappa shape index (κ3) is 2.72. The van der Waals surface area contributed by atoms with E-state index in [1.54, 1.807) is 11.0 Å². The minimum absolute atomic E-state index is 0.00273. The van der Waals surface area contributed by atoms with Crippen molar-refractivity contribution in [3.8, 4) is 11.5 Å². The number of likely N-dealkylation sites (tertiary alicyclic amines) is 1. The first-order chi connectivity index (χ1) is 9.58. The van der Waals surface area contributed by atoms with E-state index >= 15 is 0 Å². The minimum atomic E-state index is -0.356. The summed E-state index contributed by atoms with van der Waals surface area (Å²) < 4.78 is 0. The smallest absolute Gasteiger partial charge is 0.258 e. The molecule has 1 heterocycles. The van der Waals surface area contributed by atoms with Gasteiger partial charge in [0, 0.05) is 19.1 Å². The lowest BCUT2D eigenvalue weighted by molar-refractivity contribution is 0.0555. The highest BCUT2D eigenvalue weighted by Gasteiger charge is 2.31. The largest absolute Gasteiger partial charge is 0.504 e. The van der Waals surface area contributed by atoms with E-state index in [0.29, 0.717) is 19.0 Å². The first kappa shape index (κ1) is 14.7. The summed E-state index contributed by atoms with van der Waals surface area (Å²) in [5, 5.41) is 19.3. The zero-order chi connectivity index (χ0) is 14.7. The summed E-state index contributed by atoms with van der Waals surface area (Å²) in [5.41, 5.74) is 5.93. The highest BCUT2D eigenvalue weighted by Crippen LogP contribution is 2.32. The predicted molar refractivity (Wildman–Crippen MR) is 76.7 cm³/mol. The van der Waals surface area contributed by atoms with Crippen molar-refractivity contribution in [1.82, 2.24) is 4.90 Å². The van der Waals surface area contributed by atoms with Gasteiger partial charge < -0.3 is 20.8 Å². The van der Waals surface area contributed by atoms with Crippen molar-refractivity contribution in [3.63, 3.8) is 0 Å². The lowest BCUT2D eigenvalue weighted by atomic mass is 9.88. The highest BCUT2D eigenvalue weighted by molar-refractivity contribution is 5.97. The zero-order valence-corrected chi connectivity index (χ0v) is 11.7. The first-order valence-corrected chi connectivity index (χ1v) is 7.10. The molecular formula is C15H22N2O3. The van der Waals surface area contributed by atoms with Crippen LogP contribution in [-0.4, -0.2) is 40.2 Å². The number of nitrogens with two attached hydrogens (primary N) is 1. The molecule has 2 atom stereocenters. The molecule has 110 valence electrons. The lowest BCUT2D eigenvalue weighted by Gasteiger charge is -2.39. The number of phenolic OH excluding ortho intramolecular Hbond substituents is 2. The van der Waals surface area contributed by atoms with Crippen LogP contribution in [-0.2, 0) is 0 Å². The summed E-state index contributed by atoms with van der Waals surface area (Å²) in [7, 11) is 0. The molecule has 5 nitrogen and oxygen atoms in total. The molecule has 5 heteroatoms. The number of hydrogen-bond acceptors (Lipinski definition) is 4. The van der Waals surface area contributed by atoms with E-state index in [2.05, 4.69) is 6.92 Å². The summed E-state index contributed by atoms with van der Waals surface area (Å²) >= 11 is 0. The van der Waals surface area contributed by atoms with Gasteiger partial charge in [0.2, 0.25) is 0 Å². The van der Waals surface area contributed by atoms with Gasteiger partial charge in [-0.15, -0.1) is 0 Å². The third-order valence-electron chi connectivity index (χ3n) is 4.18. The van der Waals surface area contributed by atoms with Gasteiger partial charge >= 0.3 is 0 Å². The Balaban J connectivity index is 2.22. The second kappa shape index (κ2) is 6.13. The number of aromatic hydroxyl groups is 2. The van der Waals surface area contributed by atoms with Crippen LogP contribution in [0.4, 0.5) is 0 Å². The number of nitrogens with zero attached hydrogens (tertiary/aromatic N) is 1. The highest BCUT2D eigenvalue weighted by atomic mass is 16.3. The van der Waals surface area contributed by atoms with E-state index in [1.807, 2.05) is 0 Å². The normalized spacial score (nSPS) is 22.8. The maximum Gasteiger partial charge on any atom is 0.258 e. The van der Waals surface area contributed by atoms with Gasteiger partial charge in [-0.3, -0.25) is 4.79 Å². The van der Waals surface area contributed by atoms with Crippen LogP contribution in [0, 0.1) is 5.92 Å². The first-order valence-electron chi connectivity index (χ1n) is 7.10. The topological polar surface area (TPSA) is 86.8 Å². The average Bonchev–Trinajstić information content (AvgIpc) is 2.48. The van der Waals surface area contributed by atoms with Crippen LogP contribution >= 0.6 is 0 Å². The number of phenols is 2. The molecule has 1 aromatic rings. The van der Waals surface area contributed by atoms with E-state index in [9.17, 15) is 15.0 Å². The number of hydrogen-bond donors (Lipinski definition) is 3. The van der Waals surface area contributed by atoms with Gasteiger partial charge in [-0.1, -0.05) is 19.4 Å². The Morgan fingerprint density at radius 3 is 2.85 bits per heavy atom. The lowest BCUT2D eigenvalue weighted by Crippen LogP contribution is -2.49. The molecule has 4 N–H and O–H groups in total. The summed E-state index contributed by atoms with van der Waals surface area (Å²) in [4.78, 5) is 14.3. The molecule has 0 saturated carbocycles. The van der Waals surface area contributed by atoms with Crippen molar-refractivity contribution in [3.05, 3.63) is 23.8 Å². The standard InChI is InChI=1S/C15H22N2O3/c1-2-10-6-7-17(11(8-10)9-16)15(20)12-4-3-5-13(18)14(12)19/h3-5,10-11,18-19H,2,6-9,16H2,1H3. The summed E-state index contributed by atoms with van der Waals surface area (Å²) in [6.07, 6.45) is 2.95. The molecule has 1 aliphatic heterocycles. The summed E-state index contributed by atoms with van der Waals surface area (Å²) in [6, 6.07) is 4.44. The van der Waals surface area contributed by atoms with Crippen molar-refractivity contribution in [2.45, 2.75) is 32.2 Å². The maximum absolute atomic E-state index is 12.5. The Kier molecular flexibility index (Phi) is 4.49. The number of amides is 1. The predicted octanol–water partition coefficient (Wildman–Crippen LogP) is 1.69. The third-order valence-corrected chi connectivity index (χ3v) is 4.18. The molecule has 0 aliphatic carbocycles. The van der Waals surface area contributed by atoms with Gasteiger partial charge in [-0.05, 0) is 30.9 Å². The second-order valence-electron chi connectivity index (χ2n) is 5.36.